The fourth-order valence-corrected chi connectivity index (χ4v) is 10.6. The normalized spacial score (nSPS) is 19.1. The molecule has 0 aromatic rings. The first-order chi connectivity index (χ1) is 37.7. The van der Waals surface area contributed by atoms with Gasteiger partial charge in [-0.05, 0) is 51.4 Å². The molecule has 11 nitrogen and oxygen atoms in total. The second-order valence-electron chi connectivity index (χ2n) is 23.2. The standard InChI is InChI=1S/C66H125NO10/c1-4-7-10-13-16-19-22-25-27-28-29-30-31-32-33-36-39-42-45-48-51-54-61(71)77-64-63(73)62(72)60(55-68)76-66(64)75-56-57(58(69)52-49-46-43-40-37-34-24-21-18-15-12-9-6-3)67-65(74)59(70)53-50-47-44-41-38-35-26-23-20-17-14-11-8-5-2/h20,23,49,52,57-60,62-64,66,68-70,72-73H,4-19,21-22,24-48,50-51,53-56H2,1-3H3,(H,67,74)/b23-20-,52-49+. The maximum atomic E-state index is 13.4. The highest BCUT2D eigenvalue weighted by molar-refractivity contribution is 5.80. The van der Waals surface area contributed by atoms with Crippen molar-refractivity contribution in [2.75, 3.05) is 13.2 Å². The first-order valence-corrected chi connectivity index (χ1v) is 33.1. The third-order valence-corrected chi connectivity index (χ3v) is 15.9. The molecular weight excluding hydrogens is 967 g/mol. The molecule has 1 saturated heterocycles. The average molecular weight is 1090 g/mol. The third-order valence-electron chi connectivity index (χ3n) is 15.9. The smallest absolute Gasteiger partial charge is 0.306 e. The quantitative estimate of drug-likeness (QED) is 0.0195. The molecule has 0 aromatic carbocycles. The largest absolute Gasteiger partial charge is 0.454 e. The molecule has 0 bridgehead atoms. The summed E-state index contributed by atoms with van der Waals surface area (Å²) in [5.41, 5.74) is 0. The van der Waals surface area contributed by atoms with Crippen LogP contribution in [0, 0.1) is 0 Å². The number of nitrogens with one attached hydrogen (secondary N) is 1. The molecule has 0 radical (unpaired) electrons. The van der Waals surface area contributed by atoms with Gasteiger partial charge in [-0.3, -0.25) is 9.59 Å². The van der Waals surface area contributed by atoms with Crippen molar-refractivity contribution < 1.29 is 49.3 Å². The highest BCUT2D eigenvalue weighted by Gasteiger charge is 2.47. The van der Waals surface area contributed by atoms with Gasteiger partial charge in [-0.15, -0.1) is 0 Å². The molecule has 1 amide bonds. The van der Waals surface area contributed by atoms with Crippen molar-refractivity contribution in [3.8, 4) is 0 Å². The van der Waals surface area contributed by atoms with Gasteiger partial charge in [0.25, 0.3) is 0 Å². The van der Waals surface area contributed by atoms with E-state index in [0.717, 1.165) is 70.6 Å². The number of rotatable bonds is 57. The van der Waals surface area contributed by atoms with E-state index in [1.807, 2.05) is 6.08 Å². The molecule has 1 rings (SSSR count). The molecule has 0 aromatic heterocycles. The summed E-state index contributed by atoms with van der Waals surface area (Å²) in [5, 5.41) is 57.1. The number of carbonyl (C=O) groups excluding carboxylic acids is 2. The van der Waals surface area contributed by atoms with Crippen molar-refractivity contribution >= 4 is 11.9 Å². The molecular formula is C66H125NO10. The van der Waals surface area contributed by atoms with Gasteiger partial charge in [0.1, 0.15) is 24.4 Å². The van der Waals surface area contributed by atoms with Gasteiger partial charge in [0, 0.05) is 6.42 Å². The van der Waals surface area contributed by atoms with E-state index in [2.05, 4.69) is 38.2 Å². The number of esters is 1. The number of ether oxygens (including phenoxy) is 3. The van der Waals surface area contributed by atoms with E-state index in [-0.39, 0.29) is 19.4 Å². The topological polar surface area (TPSA) is 175 Å². The molecule has 1 fully saturated rings. The van der Waals surface area contributed by atoms with E-state index in [1.54, 1.807) is 6.08 Å². The minimum atomic E-state index is -1.61. The van der Waals surface area contributed by atoms with Crippen LogP contribution in [0.15, 0.2) is 24.3 Å². The Morgan fingerprint density at radius 3 is 1.27 bits per heavy atom. The van der Waals surface area contributed by atoms with Crippen molar-refractivity contribution in [3.05, 3.63) is 24.3 Å². The third kappa shape index (κ3) is 42.6. The van der Waals surface area contributed by atoms with Crippen LogP contribution in [0.25, 0.3) is 0 Å². The Hall–Kier alpha value is -1.86. The second-order valence-corrected chi connectivity index (χ2v) is 23.2. The van der Waals surface area contributed by atoms with Crippen LogP contribution in [0.3, 0.4) is 0 Å². The van der Waals surface area contributed by atoms with Gasteiger partial charge in [0.15, 0.2) is 12.4 Å². The lowest BCUT2D eigenvalue weighted by atomic mass is 9.99. The zero-order valence-corrected chi connectivity index (χ0v) is 50.4. The Morgan fingerprint density at radius 2 is 0.857 bits per heavy atom. The van der Waals surface area contributed by atoms with Crippen molar-refractivity contribution in [2.45, 2.75) is 372 Å². The summed E-state index contributed by atoms with van der Waals surface area (Å²) in [4.78, 5) is 26.6. The van der Waals surface area contributed by atoms with E-state index < -0.39 is 67.4 Å². The number of allylic oxidation sites excluding steroid dienone is 3. The lowest BCUT2D eigenvalue weighted by Crippen LogP contribution is -2.61. The number of aliphatic hydroxyl groups is 5. The summed E-state index contributed by atoms with van der Waals surface area (Å²) in [5.74, 6) is -1.18. The SMILES string of the molecule is CCCCCC/C=C\CCCCCCCCC(O)C(=O)NC(COC1OC(CO)C(O)C(O)C1OC(=O)CCCCCCCCCCCCCCCCCCCCCCC)C(O)/C=C/CCCCCCCCCCCCC. The molecule has 11 heteroatoms. The monoisotopic (exact) mass is 1090 g/mol. The van der Waals surface area contributed by atoms with Crippen LogP contribution in [-0.2, 0) is 23.8 Å². The maximum Gasteiger partial charge on any atom is 0.306 e. The molecule has 454 valence electrons. The molecule has 1 aliphatic rings. The van der Waals surface area contributed by atoms with Crippen LogP contribution in [0.4, 0.5) is 0 Å². The van der Waals surface area contributed by atoms with E-state index in [9.17, 15) is 35.1 Å². The zero-order valence-electron chi connectivity index (χ0n) is 50.4. The van der Waals surface area contributed by atoms with Gasteiger partial charge >= 0.3 is 5.97 Å². The fraction of sp³-hybridized carbons (Fsp3) is 0.909. The molecule has 0 aliphatic carbocycles. The minimum absolute atomic E-state index is 0.130. The van der Waals surface area contributed by atoms with E-state index in [4.69, 9.17) is 14.2 Å². The Bertz CT molecular complexity index is 1350. The zero-order chi connectivity index (χ0) is 56.1. The molecule has 8 unspecified atom stereocenters. The molecule has 77 heavy (non-hydrogen) atoms. The van der Waals surface area contributed by atoms with Crippen molar-refractivity contribution in [3.63, 3.8) is 0 Å². The van der Waals surface area contributed by atoms with Crippen molar-refractivity contribution in [2.24, 2.45) is 0 Å². The van der Waals surface area contributed by atoms with Gasteiger partial charge in [-0.2, -0.15) is 0 Å². The van der Waals surface area contributed by atoms with Crippen LogP contribution in [0.1, 0.15) is 323 Å². The van der Waals surface area contributed by atoms with Gasteiger partial charge in [-0.25, -0.2) is 0 Å². The Balaban J connectivity index is 2.62. The lowest BCUT2D eigenvalue weighted by Gasteiger charge is -2.41. The number of hydrogen-bond donors (Lipinski definition) is 6. The number of amides is 1. The predicted octanol–water partition coefficient (Wildman–Crippen LogP) is 16.1. The molecule has 0 spiro atoms. The Kier molecular flexibility index (Phi) is 52.0. The maximum absolute atomic E-state index is 13.4. The number of aliphatic hydroxyl groups excluding tert-OH is 5. The molecule has 0 saturated carbocycles. The van der Waals surface area contributed by atoms with Gasteiger partial charge < -0.3 is 45.1 Å². The van der Waals surface area contributed by atoms with Crippen LogP contribution < -0.4 is 5.32 Å². The number of carbonyl (C=O) groups is 2. The second kappa shape index (κ2) is 54.7. The van der Waals surface area contributed by atoms with Gasteiger partial charge in [-0.1, -0.05) is 289 Å². The van der Waals surface area contributed by atoms with Crippen LogP contribution in [0.5, 0.6) is 0 Å². The highest BCUT2D eigenvalue weighted by atomic mass is 16.7. The predicted molar refractivity (Wildman–Crippen MR) is 320 cm³/mol. The molecule has 1 heterocycles. The first kappa shape index (κ1) is 73.2. The summed E-state index contributed by atoms with van der Waals surface area (Å²) in [7, 11) is 0. The van der Waals surface area contributed by atoms with E-state index in [0.29, 0.717) is 12.8 Å². The number of hydrogen-bond acceptors (Lipinski definition) is 10. The summed E-state index contributed by atoms with van der Waals surface area (Å²) < 4.78 is 17.7. The highest BCUT2D eigenvalue weighted by Crippen LogP contribution is 2.26. The fourth-order valence-electron chi connectivity index (χ4n) is 10.6. The summed E-state index contributed by atoms with van der Waals surface area (Å²) >= 11 is 0. The molecule has 8 atom stereocenters. The molecule has 6 N–H and O–H groups in total. The number of unbranched alkanes of at least 4 members (excludes halogenated alkanes) is 41. The Labute approximate surface area is 473 Å². The lowest BCUT2D eigenvalue weighted by molar-refractivity contribution is -0.305. The first-order valence-electron chi connectivity index (χ1n) is 33.1. The minimum Gasteiger partial charge on any atom is -0.454 e. The summed E-state index contributed by atoms with van der Waals surface area (Å²) in [6.07, 6.45) is 53.6. The van der Waals surface area contributed by atoms with E-state index >= 15 is 0 Å². The average Bonchev–Trinajstić information content (AvgIpc) is 3.43. The molecule has 1 aliphatic heterocycles. The summed E-state index contributed by atoms with van der Waals surface area (Å²) in [6, 6.07) is -1.02. The van der Waals surface area contributed by atoms with Crippen molar-refractivity contribution in [1.82, 2.24) is 5.32 Å². The van der Waals surface area contributed by atoms with Gasteiger partial charge in [0.05, 0.1) is 25.4 Å². The summed E-state index contributed by atoms with van der Waals surface area (Å²) in [6.45, 7) is 5.82. The van der Waals surface area contributed by atoms with Crippen LogP contribution in [-0.4, -0.2) is 99.6 Å². The Morgan fingerprint density at radius 1 is 0.494 bits per heavy atom. The van der Waals surface area contributed by atoms with E-state index in [1.165, 1.54) is 205 Å². The van der Waals surface area contributed by atoms with Crippen molar-refractivity contribution in [1.29, 1.82) is 0 Å². The van der Waals surface area contributed by atoms with Crippen LogP contribution in [0.2, 0.25) is 0 Å². The van der Waals surface area contributed by atoms with Crippen LogP contribution >= 0.6 is 0 Å². The van der Waals surface area contributed by atoms with Gasteiger partial charge in [0.2, 0.25) is 5.91 Å².